The van der Waals surface area contributed by atoms with Crippen LogP contribution in [0.4, 0.5) is 5.69 Å². The van der Waals surface area contributed by atoms with E-state index in [0.717, 1.165) is 25.7 Å². The zero-order valence-electron chi connectivity index (χ0n) is 20.9. The Bertz CT molecular complexity index is 1040. The van der Waals surface area contributed by atoms with Crippen LogP contribution in [0.1, 0.15) is 38.5 Å². The minimum atomic E-state index is -1.15. The Morgan fingerprint density at radius 3 is 2.72 bits per heavy atom. The number of carbonyl (C=O) groups is 3. The van der Waals surface area contributed by atoms with E-state index in [-0.39, 0.29) is 23.8 Å². The van der Waals surface area contributed by atoms with Gasteiger partial charge in [-0.05, 0) is 31.4 Å². The third kappa shape index (κ3) is 4.28. The molecule has 1 saturated carbocycles. The van der Waals surface area contributed by atoms with Gasteiger partial charge < -0.3 is 29.7 Å². The van der Waals surface area contributed by atoms with Crippen molar-refractivity contribution in [1.82, 2.24) is 10.2 Å². The van der Waals surface area contributed by atoms with Crippen LogP contribution in [-0.2, 0) is 23.9 Å². The third-order valence-electron chi connectivity index (χ3n) is 7.96. The normalized spacial score (nSPS) is 30.9. The van der Waals surface area contributed by atoms with Crippen LogP contribution < -0.4 is 15.4 Å². The van der Waals surface area contributed by atoms with Crippen molar-refractivity contribution in [3.63, 3.8) is 0 Å². The van der Waals surface area contributed by atoms with Gasteiger partial charge in [0.15, 0.2) is 0 Å². The molecule has 1 spiro atoms. The highest BCUT2D eigenvalue weighted by Crippen LogP contribution is 2.55. The number of anilines is 1. The van der Waals surface area contributed by atoms with Crippen molar-refractivity contribution >= 4 is 23.4 Å². The van der Waals surface area contributed by atoms with Gasteiger partial charge in [-0.1, -0.05) is 37.5 Å². The van der Waals surface area contributed by atoms with Gasteiger partial charge in [-0.25, -0.2) is 0 Å². The predicted molar refractivity (Wildman–Crippen MR) is 132 cm³/mol. The summed E-state index contributed by atoms with van der Waals surface area (Å²) in [6.07, 6.45) is 8.95. The molecular weight excluding hydrogens is 462 g/mol. The number of methoxy groups -OCH3 is 2. The Hall–Kier alpha value is -2.91. The Morgan fingerprint density at radius 2 is 1.97 bits per heavy atom. The first kappa shape index (κ1) is 24.8. The van der Waals surface area contributed by atoms with Gasteiger partial charge in [0.2, 0.25) is 17.7 Å². The van der Waals surface area contributed by atoms with Crippen molar-refractivity contribution in [2.75, 3.05) is 32.7 Å². The summed E-state index contributed by atoms with van der Waals surface area (Å²) in [4.78, 5) is 42.6. The molecule has 1 aromatic rings. The van der Waals surface area contributed by atoms with Crippen LogP contribution in [0.15, 0.2) is 36.4 Å². The van der Waals surface area contributed by atoms with Crippen LogP contribution in [0.2, 0.25) is 0 Å². The summed E-state index contributed by atoms with van der Waals surface area (Å²) in [6.45, 7) is 0.831. The predicted octanol–water partition coefficient (Wildman–Crippen LogP) is 2.27. The van der Waals surface area contributed by atoms with Gasteiger partial charge in [0, 0.05) is 38.1 Å². The van der Waals surface area contributed by atoms with Crippen LogP contribution in [0, 0.1) is 11.8 Å². The van der Waals surface area contributed by atoms with Crippen LogP contribution >= 0.6 is 0 Å². The van der Waals surface area contributed by atoms with Gasteiger partial charge in [0.1, 0.15) is 17.4 Å². The van der Waals surface area contributed by atoms with Crippen LogP contribution in [0.5, 0.6) is 5.75 Å². The summed E-state index contributed by atoms with van der Waals surface area (Å²) in [5, 5.41) is 6.12. The molecule has 5 rings (SSSR count). The SMILES string of the molecule is COCCCN1C(=O)[C@H]2C(C(=O)Nc3cccc(OC)c3)[C@H]3C=CC2(O3)C1C(=O)NC1CCCCC1. The van der Waals surface area contributed by atoms with Crippen LogP contribution in [0.3, 0.4) is 0 Å². The molecule has 194 valence electrons. The maximum atomic E-state index is 13.8. The number of nitrogens with zero attached hydrogens (tertiary/aromatic N) is 1. The lowest BCUT2D eigenvalue weighted by Gasteiger charge is -2.34. The first-order valence-electron chi connectivity index (χ1n) is 12.9. The molecule has 0 radical (unpaired) electrons. The van der Waals surface area contributed by atoms with Gasteiger partial charge in [-0.3, -0.25) is 14.4 Å². The van der Waals surface area contributed by atoms with E-state index < -0.39 is 29.6 Å². The van der Waals surface area contributed by atoms with Gasteiger partial charge in [-0.2, -0.15) is 0 Å². The summed E-state index contributed by atoms with van der Waals surface area (Å²) < 4.78 is 16.8. The number of fused-ring (bicyclic) bond motifs is 1. The molecule has 0 aromatic heterocycles. The van der Waals surface area contributed by atoms with E-state index in [4.69, 9.17) is 14.2 Å². The number of ether oxygens (including phenoxy) is 3. The minimum Gasteiger partial charge on any atom is -0.497 e. The zero-order valence-corrected chi connectivity index (χ0v) is 20.9. The van der Waals surface area contributed by atoms with E-state index >= 15 is 0 Å². The molecule has 9 nitrogen and oxygen atoms in total. The highest BCUT2D eigenvalue weighted by atomic mass is 16.5. The average molecular weight is 498 g/mol. The smallest absolute Gasteiger partial charge is 0.246 e. The lowest BCUT2D eigenvalue weighted by atomic mass is 9.74. The third-order valence-corrected chi connectivity index (χ3v) is 7.96. The quantitative estimate of drug-likeness (QED) is 0.401. The fraction of sp³-hybridized carbons (Fsp3) is 0.593. The first-order chi connectivity index (χ1) is 17.5. The monoisotopic (exact) mass is 497 g/mol. The van der Waals surface area contributed by atoms with E-state index in [1.54, 1.807) is 43.4 Å². The van der Waals surface area contributed by atoms with E-state index in [0.29, 0.717) is 31.0 Å². The van der Waals surface area contributed by atoms with Gasteiger partial charge in [-0.15, -0.1) is 0 Å². The van der Waals surface area contributed by atoms with Crippen molar-refractivity contribution in [3.05, 3.63) is 36.4 Å². The summed E-state index contributed by atoms with van der Waals surface area (Å²) in [5.74, 6) is -1.59. The highest BCUT2D eigenvalue weighted by molar-refractivity contribution is 6.02. The van der Waals surface area contributed by atoms with Crippen LogP contribution in [0.25, 0.3) is 0 Å². The second kappa shape index (κ2) is 10.2. The molecule has 3 heterocycles. The molecule has 4 aliphatic rings. The van der Waals surface area contributed by atoms with Crippen molar-refractivity contribution in [2.24, 2.45) is 11.8 Å². The highest BCUT2D eigenvalue weighted by Gasteiger charge is 2.72. The molecule has 1 aromatic carbocycles. The molecule has 3 unspecified atom stereocenters. The van der Waals surface area contributed by atoms with Crippen molar-refractivity contribution in [2.45, 2.75) is 62.3 Å². The number of likely N-dealkylation sites (tertiary alicyclic amines) is 1. The van der Waals surface area contributed by atoms with Crippen molar-refractivity contribution < 1.29 is 28.6 Å². The molecule has 36 heavy (non-hydrogen) atoms. The zero-order chi connectivity index (χ0) is 25.3. The molecule has 2 bridgehead atoms. The molecule has 5 atom stereocenters. The lowest BCUT2D eigenvalue weighted by molar-refractivity contribution is -0.141. The molecule has 3 amide bonds. The number of amides is 3. The molecule has 2 saturated heterocycles. The Balaban J connectivity index is 1.41. The number of rotatable bonds is 9. The number of benzene rings is 1. The Morgan fingerprint density at radius 1 is 1.17 bits per heavy atom. The number of nitrogens with one attached hydrogen (secondary N) is 2. The fourth-order valence-corrected chi connectivity index (χ4v) is 6.34. The maximum Gasteiger partial charge on any atom is 0.246 e. The van der Waals surface area contributed by atoms with Crippen molar-refractivity contribution in [1.29, 1.82) is 0 Å². The average Bonchev–Trinajstić information content (AvgIpc) is 3.52. The number of carbonyl (C=O) groups excluding carboxylic acids is 3. The van der Waals surface area contributed by atoms with Crippen LogP contribution in [-0.4, -0.2) is 73.8 Å². The Labute approximate surface area is 211 Å². The molecule has 9 heteroatoms. The van der Waals surface area contributed by atoms with E-state index in [1.807, 2.05) is 12.2 Å². The van der Waals surface area contributed by atoms with E-state index in [9.17, 15) is 14.4 Å². The summed E-state index contributed by atoms with van der Waals surface area (Å²) in [5.41, 5.74) is -0.571. The fourth-order valence-electron chi connectivity index (χ4n) is 6.34. The summed E-state index contributed by atoms with van der Waals surface area (Å²) in [6, 6.07) is 6.37. The van der Waals surface area contributed by atoms with Gasteiger partial charge >= 0.3 is 0 Å². The van der Waals surface area contributed by atoms with E-state index in [1.165, 1.54) is 6.42 Å². The van der Waals surface area contributed by atoms with E-state index in [2.05, 4.69) is 10.6 Å². The Kier molecular flexibility index (Phi) is 7.03. The van der Waals surface area contributed by atoms with Crippen molar-refractivity contribution in [3.8, 4) is 5.75 Å². The lowest BCUT2D eigenvalue weighted by Crippen LogP contribution is -2.56. The summed E-state index contributed by atoms with van der Waals surface area (Å²) in [7, 11) is 3.17. The first-order valence-corrected chi connectivity index (χ1v) is 12.9. The topological polar surface area (TPSA) is 106 Å². The molecule has 2 N–H and O–H groups in total. The van der Waals surface area contributed by atoms with Gasteiger partial charge in [0.25, 0.3) is 0 Å². The standard InChI is InChI=1S/C27H35N3O6/c1-34-15-7-14-30-23(25(32)28-17-8-4-3-5-9-17)27-13-12-20(36-27)21(22(27)26(30)33)24(31)29-18-10-6-11-19(16-18)35-2/h6,10-13,16-17,20-23H,3-5,7-9,14-15H2,1-2H3,(H,28,32)(H,29,31)/t20-,21?,22-,23?,27?/m1/s1. The largest absolute Gasteiger partial charge is 0.497 e. The molecule has 1 aliphatic carbocycles. The number of hydrogen-bond acceptors (Lipinski definition) is 6. The molecule has 3 aliphatic heterocycles. The second-order valence-corrected chi connectivity index (χ2v) is 10.1. The number of hydrogen-bond donors (Lipinski definition) is 2. The second-order valence-electron chi connectivity index (χ2n) is 10.1. The summed E-state index contributed by atoms with van der Waals surface area (Å²) >= 11 is 0. The molecular formula is C27H35N3O6. The maximum absolute atomic E-state index is 13.8. The molecule has 3 fully saturated rings. The minimum absolute atomic E-state index is 0.104. The van der Waals surface area contributed by atoms with Gasteiger partial charge in [0.05, 0.1) is 25.0 Å².